The number of piperidine rings is 1. The SMILES string of the molecule is COc1ccc(NC(=O)CN2CCCC(C(=O)N(C)C)C2)c([N+](=O)[O-])c1. The number of likely N-dealkylation sites (tertiary alicyclic amines) is 1. The molecule has 1 unspecified atom stereocenters. The number of benzene rings is 1. The number of methoxy groups -OCH3 is 1. The van der Waals surface area contributed by atoms with Gasteiger partial charge in [-0.3, -0.25) is 24.6 Å². The van der Waals surface area contributed by atoms with Crippen LogP contribution in [0.15, 0.2) is 18.2 Å². The second-order valence-electron chi connectivity index (χ2n) is 6.50. The third-order valence-corrected chi connectivity index (χ3v) is 4.34. The highest BCUT2D eigenvalue weighted by Crippen LogP contribution is 2.29. The van der Waals surface area contributed by atoms with Crippen LogP contribution in [0.2, 0.25) is 0 Å². The summed E-state index contributed by atoms with van der Waals surface area (Å²) in [7, 11) is 4.85. The van der Waals surface area contributed by atoms with Gasteiger partial charge in [0.15, 0.2) is 0 Å². The van der Waals surface area contributed by atoms with Gasteiger partial charge in [0.25, 0.3) is 5.69 Å². The number of amides is 2. The molecular formula is C17H24N4O5. The first-order valence-corrected chi connectivity index (χ1v) is 8.37. The molecule has 0 spiro atoms. The fourth-order valence-corrected chi connectivity index (χ4v) is 3.05. The average Bonchev–Trinajstić information content (AvgIpc) is 2.61. The van der Waals surface area contributed by atoms with Gasteiger partial charge in [-0.05, 0) is 31.5 Å². The molecular weight excluding hydrogens is 340 g/mol. The van der Waals surface area contributed by atoms with E-state index >= 15 is 0 Å². The first-order chi connectivity index (χ1) is 12.3. The molecule has 2 rings (SSSR count). The van der Waals surface area contributed by atoms with E-state index in [0.29, 0.717) is 12.3 Å². The summed E-state index contributed by atoms with van der Waals surface area (Å²) >= 11 is 0. The molecule has 1 aliphatic heterocycles. The lowest BCUT2D eigenvalue weighted by molar-refractivity contribution is -0.384. The van der Waals surface area contributed by atoms with Gasteiger partial charge in [0.05, 0.1) is 30.6 Å². The second kappa shape index (κ2) is 8.61. The Morgan fingerprint density at radius 2 is 2.15 bits per heavy atom. The molecule has 1 aromatic rings. The zero-order valence-electron chi connectivity index (χ0n) is 15.2. The predicted molar refractivity (Wildman–Crippen MR) is 96.1 cm³/mol. The summed E-state index contributed by atoms with van der Waals surface area (Å²) in [6.45, 7) is 1.31. The number of hydrogen-bond acceptors (Lipinski definition) is 6. The van der Waals surface area contributed by atoms with E-state index in [2.05, 4.69) is 5.32 Å². The highest BCUT2D eigenvalue weighted by atomic mass is 16.6. The Kier molecular flexibility index (Phi) is 6.51. The number of carbonyl (C=O) groups excluding carboxylic acids is 2. The topological polar surface area (TPSA) is 105 Å². The van der Waals surface area contributed by atoms with Crippen molar-refractivity contribution in [3.8, 4) is 5.75 Å². The fraction of sp³-hybridized carbons (Fsp3) is 0.529. The van der Waals surface area contributed by atoms with Crippen LogP contribution >= 0.6 is 0 Å². The minimum atomic E-state index is -0.565. The molecule has 1 aliphatic rings. The zero-order valence-corrected chi connectivity index (χ0v) is 15.2. The summed E-state index contributed by atoms with van der Waals surface area (Å²) < 4.78 is 4.98. The van der Waals surface area contributed by atoms with Crippen LogP contribution in [-0.4, -0.2) is 67.4 Å². The molecule has 0 radical (unpaired) electrons. The van der Waals surface area contributed by atoms with Crippen LogP contribution in [0, 0.1) is 16.0 Å². The van der Waals surface area contributed by atoms with E-state index in [9.17, 15) is 19.7 Å². The quantitative estimate of drug-likeness (QED) is 0.603. The molecule has 2 amide bonds. The van der Waals surface area contributed by atoms with Gasteiger partial charge in [-0.2, -0.15) is 0 Å². The zero-order chi connectivity index (χ0) is 19.3. The van der Waals surface area contributed by atoms with Crippen molar-refractivity contribution >= 4 is 23.2 Å². The Morgan fingerprint density at radius 3 is 2.77 bits per heavy atom. The maximum atomic E-state index is 12.3. The molecule has 0 bridgehead atoms. The van der Waals surface area contributed by atoms with Crippen molar-refractivity contribution in [2.75, 3.05) is 46.2 Å². The molecule has 9 nitrogen and oxygen atoms in total. The van der Waals surface area contributed by atoms with Crippen molar-refractivity contribution in [1.82, 2.24) is 9.80 Å². The number of nitro groups is 1. The van der Waals surface area contributed by atoms with Crippen LogP contribution in [0.1, 0.15) is 12.8 Å². The molecule has 1 N–H and O–H groups in total. The van der Waals surface area contributed by atoms with E-state index in [1.54, 1.807) is 25.1 Å². The molecule has 9 heteroatoms. The Bertz CT molecular complexity index is 692. The molecule has 0 saturated carbocycles. The third kappa shape index (κ3) is 4.92. The smallest absolute Gasteiger partial charge is 0.296 e. The molecule has 1 heterocycles. The van der Waals surface area contributed by atoms with Gasteiger partial charge >= 0.3 is 0 Å². The highest BCUT2D eigenvalue weighted by Gasteiger charge is 2.28. The summed E-state index contributed by atoms with van der Waals surface area (Å²) in [5.74, 6) is -0.0743. The maximum Gasteiger partial charge on any atom is 0.296 e. The number of nitro benzene ring substituents is 1. The minimum Gasteiger partial charge on any atom is -0.496 e. The number of nitrogens with one attached hydrogen (secondary N) is 1. The van der Waals surface area contributed by atoms with Crippen molar-refractivity contribution in [3.05, 3.63) is 28.3 Å². The number of ether oxygens (including phenoxy) is 1. The van der Waals surface area contributed by atoms with Crippen LogP contribution in [-0.2, 0) is 9.59 Å². The summed E-state index contributed by atoms with van der Waals surface area (Å²) in [4.78, 5) is 38.5. The average molecular weight is 364 g/mol. The van der Waals surface area contributed by atoms with Crippen LogP contribution in [0.25, 0.3) is 0 Å². The molecule has 0 aliphatic carbocycles. The molecule has 26 heavy (non-hydrogen) atoms. The Balaban J connectivity index is 2.00. The Hall–Kier alpha value is -2.68. The first kappa shape index (κ1) is 19.6. The van der Waals surface area contributed by atoms with E-state index < -0.39 is 4.92 Å². The van der Waals surface area contributed by atoms with Gasteiger partial charge in [0.1, 0.15) is 11.4 Å². The molecule has 0 aromatic heterocycles. The lowest BCUT2D eigenvalue weighted by Crippen LogP contribution is -2.45. The van der Waals surface area contributed by atoms with Crippen molar-refractivity contribution in [3.63, 3.8) is 0 Å². The van der Waals surface area contributed by atoms with Crippen molar-refractivity contribution in [2.45, 2.75) is 12.8 Å². The van der Waals surface area contributed by atoms with Crippen LogP contribution in [0.5, 0.6) is 5.75 Å². The number of carbonyl (C=O) groups is 2. The van der Waals surface area contributed by atoms with Crippen LogP contribution < -0.4 is 10.1 Å². The molecule has 142 valence electrons. The molecule has 1 fully saturated rings. The second-order valence-corrected chi connectivity index (χ2v) is 6.50. The normalized spacial score (nSPS) is 17.4. The summed E-state index contributed by atoms with van der Waals surface area (Å²) in [6.07, 6.45) is 1.64. The highest BCUT2D eigenvalue weighted by molar-refractivity contribution is 5.94. The van der Waals surface area contributed by atoms with E-state index in [1.165, 1.54) is 19.2 Å². The monoisotopic (exact) mass is 364 g/mol. The van der Waals surface area contributed by atoms with Crippen LogP contribution in [0.3, 0.4) is 0 Å². The fourth-order valence-electron chi connectivity index (χ4n) is 3.05. The Labute approximate surface area is 152 Å². The van der Waals surface area contributed by atoms with Gasteiger partial charge in [-0.15, -0.1) is 0 Å². The molecule has 1 aromatic carbocycles. The van der Waals surface area contributed by atoms with Gasteiger partial charge in [-0.25, -0.2) is 0 Å². The standard InChI is InChI=1S/C17H24N4O5/c1-19(2)17(23)12-5-4-8-20(10-12)11-16(22)18-14-7-6-13(26-3)9-15(14)21(24)25/h6-7,9,12H,4-5,8,10-11H2,1-3H3,(H,18,22). The largest absolute Gasteiger partial charge is 0.496 e. The first-order valence-electron chi connectivity index (χ1n) is 8.37. The van der Waals surface area contributed by atoms with Crippen LogP contribution in [0.4, 0.5) is 11.4 Å². The van der Waals surface area contributed by atoms with E-state index in [4.69, 9.17) is 4.74 Å². The summed E-state index contributed by atoms with van der Waals surface area (Å²) in [5, 5.41) is 13.8. The lowest BCUT2D eigenvalue weighted by atomic mass is 9.97. The number of rotatable bonds is 6. The minimum absolute atomic E-state index is 0.0564. The summed E-state index contributed by atoms with van der Waals surface area (Å²) in [6, 6.07) is 4.26. The number of hydrogen-bond donors (Lipinski definition) is 1. The third-order valence-electron chi connectivity index (χ3n) is 4.34. The van der Waals surface area contributed by atoms with Crippen molar-refractivity contribution in [2.24, 2.45) is 5.92 Å². The van der Waals surface area contributed by atoms with E-state index in [0.717, 1.165) is 19.4 Å². The molecule has 1 saturated heterocycles. The van der Waals surface area contributed by atoms with Gasteiger partial charge in [-0.1, -0.05) is 0 Å². The van der Waals surface area contributed by atoms with Gasteiger partial charge in [0, 0.05) is 20.6 Å². The number of anilines is 1. The lowest BCUT2D eigenvalue weighted by Gasteiger charge is -2.32. The van der Waals surface area contributed by atoms with Gasteiger partial charge < -0.3 is 15.0 Å². The van der Waals surface area contributed by atoms with E-state index in [1.807, 2.05) is 4.90 Å². The van der Waals surface area contributed by atoms with Gasteiger partial charge in [0.2, 0.25) is 11.8 Å². The van der Waals surface area contributed by atoms with Crippen molar-refractivity contribution < 1.29 is 19.2 Å². The van der Waals surface area contributed by atoms with E-state index in [-0.39, 0.29) is 35.7 Å². The maximum absolute atomic E-state index is 12.3. The number of nitrogens with zero attached hydrogens (tertiary/aromatic N) is 3. The molecule has 1 atom stereocenters. The van der Waals surface area contributed by atoms with Crippen molar-refractivity contribution in [1.29, 1.82) is 0 Å². The summed E-state index contributed by atoms with van der Waals surface area (Å²) in [5.41, 5.74) is -0.101. The predicted octanol–water partition coefficient (Wildman–Crippen LogP) is 1.34. The Morgan fingerprint density at radius 1 is 1.42 bits per heavy atom.